The van der Waals surface area contributed by atoms with Crippen LogP contribution in [-0.2, 0) is 16.1 Å². The molecule has 0 radical (unpaired) electrons. The normalized spacial score (nSPS) is 21.2. The number of rotatable bonds is 3. The molecule has 0 aromatic carbocycles. The van der Waals surface area contributed by atoms with Gasteiger partial charge >= 0.3 is 0 Å². The van der Waals surface area contributed by atoms with Crippen molar-refractivity contribution in [1.29, 1.82) is 0 Å². The highest BCUT2D eigenvalue weighted by Crippen LogP contribution is 1.95. The summed E-state index contributed by atoms with van der Waals surface area (Å²) in [6.45, 7) is 2.30. The minimum Gasteiger partial charge on any atom is -0.378 e. The van der Waals surface area contributed by atoms with Crippen LogP contribution in [-0.4, -0.2) is 41.9 Å². The molecular weight excluding hydrogens is 196 g/mol. The summed E-state index contributed by atoms with van der Waals surface area (Å²) in [5.74, 6) is -0.0377. The minimum absolute atomic E-state index is 0.0377. The van der Waals surface area contributed by atoms with Gasteiger partial charge in [-0.15, -0.1) is 0 Å². The topological polar surface area (TPSA) is 79.0 Å². The summed E-state index contributed by atoms with van der Waals surface area (Å²) in [6, 6.07) is 1.59. The third-order valence-corrected chi connectivity index (χ3v) is 2.25. The molecule has 3 N–H and O–H groups in total. The number of aromatic nitrogens is 2. The predicted molar refractivity (Wildman–Crippen MR) is 53.0 cm³/mol. The average molecular weight is 210 g/mol. The molecule has 0 aliphatic carbocycles. The first-order valence-electron chi connectivity index (χ1n) is 4.93. The summed E-state index contributed by atoms with van der Waals surface area (Å²) in [5.41, 5.74) is 0.889. The molecular formula is C9H14N4O2. The van der Waals surface area contributed by atoms with Gasteiger partial charge < -0.3 is 15.4 Å². The van der Waals surface area contributed by atoms with Crippen LogP contribution in [0.25, 0.3) is 0 Å². The van der Waals surface area contributed by atoms with Gasteiger partial charge in [-0.3, -0.25) is 9.89 Å². The smallest absolute Gasteiger partial charge is 0.239 e. The maximum absolute atomic E-state index is 11.6. The highest BCUT2D eigenvalue weighted by Gasteiger charge is 2.20. The fourth-order valence-corrected chi connectivity index (χ4v) is 1.42. The lowest BCUT2D eigenvalue weighted by Crippen LogP contribution is -2.51. The fraction of sp³-hybridized carbons (Fsp3) is 0.556. The lowest BCUT2D eigenvalue weighted by atomic mass is 10.2. The molecule has 1 aromatic heterocycles. The number of aromatic amines is 1. The molecule has 6 heteroatoms. The fourth-order valence-electron chi connectivity index (χ4n) is 1.42. The molecule has 1 saturated heterocycles. The number of morpholine rings is 1. The number of amides is 1. The maximum Gasteiger partial charge on any atom is 0.239 e. The number of carbonyl (C=O) groups excluding carboxylic acids is 1. The van der Waals surface area contributed by atoms with E-state index in [1.54, 1.807) is 6.20 Å². The monoisotopic (exact) mass is 210 g/mol. The first kappa shape index (κ1) is 10.1. The largest absolute Gasteiger partial charge is 0.378 e. The van der Waals surface area contributed by atoms with Crippen LogP contribution in [0.5, 0.6) is 0 Å². The zero-order valence-electron chi connectivity index (χ0n) is 8.32. The Balaban J connectivity index is 1.76. The SMILES string of the molecule is O=C(NCc1ccn[nH]1)C1COCCN1. The Bertz CT molecular complexity index is 306. The molecule has 6 nitrogen and oxygen atoms in total. The molecule has 1 unspecified atom stereocenters. The van der Waals surface area contributed by atoms with Crippen molar-refractivity contribution in [3.8, 4) is 0 Å². The van der Waals surface area contributed by atoms with Gasteiger partial charge in [0.05, 0.1) is 25.5 Å². The molecule has 1 aliphatic heterocycles. The number of nitrogens with one attached hydrogen (secondary N) is 3. The van der Waals surface area contributed by atoms with Crippen LogP contribution in [0, 0.1) is 0 Å². The van der Waals surface area contributed by atoms with Crippen molar-refractivity contribution in [2.45, 2.75) is 12.6 Å². The van der Waals surface area contributed by atoms with Gasteiger partial charge in [-0.05, 0) is 6.07 Å². The van der Waals surface area contributed by atoms with Crippen LogP contribution in [0.2, 0.25) is 0 Å². The third-order valence-electron chi connectivity index (χ3n) is 2.25. The average Bonchev–Trinajstić information content (AvgIpc) is 2.80. The van der Waals surface area contributed by atoms with Crippen LogP contribution in [0.3, 0.4) is 0 Å². The van der Waals surface area contributed by atoms with Gasteiger partial charge in [0.1, 0.15) is 6.04 Å². The van der Waals surface area contributed by atoms with E-state index in [0.717, 1.165) is 12.2 Å². The van der Waals surface area contributed by atoms with Gasteiger partial charge in [0.2, 0.25) is 5.91 Å². The van der Waals surface area contributed by atoms with Gasteiger partial charge in [-0.1, -0.05) is 0 Å². The molecule has 1 fully saturated rings. The van der Waals surface area contributed by atoms with Crippen molar-refractivity contribution in [1.82, 2.24) is 20.8 Å². The Morgan fingerprint density at radius 3 is 3.33 bits per heavy atom. The van der Waals surface area contributed by atoms with E-state index in [4.69, 9.17) is 4.74 Å². The Morgan fingerprint density at radius 2 is 2.67 bits per heavy atom. The Hall–Kier alpha value is -1.40. The van der Waals surface area contributed by atoms with E-state index in [1.807, 2.05) is 6.07 Å². The lowest BCUT2D eigenvalue weighted by molar-refractivity contribution is -0.126. The van der Waals surface area contributed by atoms with Crippen molar-refractivity contribution in [3.63, 3.8) is 0 Å². The zero-order valence-corrected chi connectivity index (χ0v) is 8.32. The van der Waals surface area contributed by atoms with E-state index in [2.05, 4.69) is 20.8 Å². The standard InChI is InChI=1S/C9H14N4O2/c14-9(8-6-15-4-3-10-8)11-5-7-1-2-12-13-7/h1-2,8,10H,3-6H2,(H,11,14)(H,12,13). The van der Waals surface area contributed by atoms with Crippen LogP contribution < -0.4 is 10.6 Å². The Morgan fingerprint density at radius 1 is 1.73 bits per heavy atom. The highest BCUT2D eigenvalue weighted by atomic mass is 16.5. The number of carbonyl (C=O) groups is 1. The second-order valence-corrected chi connectivity index (χ2v) is 3.38. The number of nitrogens with zero attached hydrogens (tertiary/aromatic N) is 1. The van der Waals surface area contributed by atoms with Gasteiger partial charge in [0, 0.05) is 12.7 Å². The van der Waals surface area contributed by atoms with Crippen molar-refractivity contribution in [2.75, 3.05) is 19.8 Å². The second kappa shape index (κ2) is 4.90. The number of H-pyrrole nitrogens is 1. The first-order chi connectivity index (χ1) is 7.36. The molecule has 0 saturated carbocycles. The van der Waals surface area contributed by atoms with E-state index in [1.165, 1.54) is 0 Å². The highest BCUT2D eigenvalue weighted by molar-refractivity contribution is 5.81. The van der Waals surface area contributed by atoms with E-state index in [9.17, 15) is 4.79 Å². The van der Waals surface area contributed by atoms with Crippen LogP contribution >= 0.6 is 0 Å². The molecule has 1 aromatic rings. The lowest BCUT2D eigenvalue weighted by Gasteiger charge is -2.22. The van der Waals surface area contributed by atoms with E-state index < -0.39 is 0 Å². The summed E-state index contributed by atoms with van der Waals surface area (Å²) >= 11 is 0. The van der Waals surface area contributed by atoms with Crippen molar-refractivity contribution in [2.24, 2.45) is 0 Å². The van der Waals surface area contributed by atoms with Crippen LogP contribution in [0.1, 0.15) is 5.69 Å². The Labute approximate surface area is 87.4 Å². The minimum atomic E-state index is -0.235. The molecule has 1 aliphatic rings. The summed E-state index contributed by atoms with van der Waals surface area (Å²) in [7, 11) is 0. The third kappa shape index (κ3) is 2.77. The van der Waals surface area contributed by atoms with E-state index >= 15 is 0 Å². The second-order valence-electron chi connectivity index (χ2n) is 3.38. The zero-order chi connectivity index (χ0) is 10.5. The van der Waals surface area contributed by atoms with Gasteiger partial charge in [-0.25, -0.2) is 0 Å². The molecule has 1 amide bonds. The summed E-state index contributed by atoms with van der Waals surface area (Å²) in [6.07, 6.45) is 1.66. The molecule has 0 bridgehead atoms. The van der Waals surface area contributed by atoms with Crippen LogP contribution in [0.4, 0.5) is 0 Å². The summed E-state index contributed by atoms with van der Waals surface area (Å²) in [5, 5.41) is 12.5. The number of ether oxygens (including phenoxy) is 1. The Kier molecular flexibility index (Phi) is 3.31. The number of hydrogen-bond donors (Lipinski definition) is 3. The van der Waals surface area contributed by atoms with Gasteiger partial charge in [0.25, 0.3) is 0 Å². The summed E-state index contributed by atoms with van der Waals surface area (Å²) in [4.78, 5) is 11.6. The number of hydrogen-bond acceptors (Lipinski definition) is 4. The molecule has 15 heavy (non-hydrogen) atoms. The molecule has 0 spiro atoms. The molecule has 2 rings (SSSR count). The predicted octanol–water partition coefficient (Wildman–Crippen LogP) is -0.986. The molecule has 2 heterocycles. The molecule has 1 atom stereocenters. The quantitative estimate of drug-likeness (QED) is 0.599. The first-order valence-corrected chi connectivity index (χ1v) is 4.93. The van der Waals surface area contributed by atoms with Crippen molar-refractivity contribution < 1.29 is 9.53 Å². The van der Waals surface area contributed by atoms with Gasteiger partial charge in [0.15, 0.2) is 0 Å². The van der Waals surface area contributed by atoms with Crippen molar-refractivity contribution >= 4 is 5.91 Å². The van der Waals surface area contributed by atoms with E-state index in [0.29, 0.717) is 19.8 Å². The summed E-state index contributed by atoms with van der Waals surface area (Å²) < 4.78 is 5.20. The van der Waals surface area contributed by atoms with Crippen molar-refractivity contribution in [3.05, 3.63) is 18.0 Å². The molecule has 82 valence electrons. The van der Waals surface area contributed by atoms with E-state index in [-0.39, 0.29) is 11.9 Å². The maximum atomic E-state index is 11.6. The van der Waals surface area contributed by atoms with Gasteiger partial charge in [-0.2, -0.15) is 5.10 Å². The van der Waals surface area contributed by atoms with Crippen LogP contribution in [0.15, 0.2) is 12.3 Å².